The first kappa shape index (κ1) is 15.6. The van der Waals surface area contributed by atoms with E-state index in [0.717, 1.165) is 0 Å². The number of nitrogens with one attached hydrogen (secondary N) is 1. The second-order valence-corrected chi connectivity index (χ2v) is 5.22. The lowest BCUT2D eigenvalue weighted by Gasteiger charge is -2.12. The predicted octanol–water partition coefficient (Wildman–Crippen LogP) is 4.27. The van der Waals surface area contributed by atoms with Gasteiger partial charge in [-0.1, -0.05) is 29.3 Å². The number of pyridine rings is 1. The lowest BCUT2D eigenvalue weighted by Crippen LogP contribution is -2.15. The van der Waals surface area contributed by atoms with Crippen LogP contribution < -0.4 is 10.1 Å². The quantitative estimate of drug-likeness (QED) is 0.858. The van der Waals surface area contributed by atoms with Crippen LogP contribution in [0.5, 0.6) is 5.75 Å². The van der Waals surface area contributed by atoms with Crippen LogP contribution in [0, 0.1) is 13.8 Å². The van der Waals surface area contributed by atoms with Crippen molar-refractivity contribution in [3.63, 3.8) is 0 Å². The molecule has 1 aromatic carbocycles. The SMILES string of the molecule is COc1cccc(NC(=O)c2c(Cl)nc(C)c(Cl)c2C)c1. The van der Waals surface area contributed by atoms with Crippen molar-refractivity contribution in [2.45, 2.75) is 13.8 Å². The minimum Gasteiger partial charge on any atom is -0.497 e. The summed E-state index contributed by atoms with van der Waals surface area (Å²) in [5.41, 5.74) is 2.08. The Morgan fingerprint density at radius 1 is 1.29 bits per heavy atom. The normalized spacial score (nSPS) is 10.3. The van der Waals surface area contributed by atoms with Crippen molar-refractivity contribution in [1.29, 1.82) is 0 Å². The molecule has 0 spiro atoms. The summed E-state index contributed by atoms with van der Waals surface area (Å²) in [6.07, 6.45) is 0. The Morgan fingerprint density at radius 3 is 2.67 bits per heavy atom. The monoisotopic (exact) mass is 324 g/mol. The van der Waals surface area contributed by atoms with Crippen LogP contribution in [-0.2, 0) is 0 Å². The van der Waals surface area contributed by atoms with Gasteiger partial charge in [0.1, 0.15) is 10.9 Å². The molecule has 0 aliphatic carbocycles. The Labute approximate surface area is 133 Å². The highest BCUT2D eigenvalue weighted by Crippen LogP contribution is 2.28. The van der Waals surface area contributed by atoms with E-state index in [1.807, 2.05) is 0 Å². The molecule has 21 heavy (non-hydrogen) atoms. The van der Waals surface area contributed by atoms with E-state index in [1.165, 1.54) is 0 Å². The summed E-state index contributed by atoms with van der Waals surface area (Å²) in [5.74, 6) is 0.288. The summed E-state index contributed by atoms with van der Waals surface area (Å²) in [7, 11) is 1.56. The second kappa shape index (κ2) is 6.33. The number of hydrogen-bond acceptors (Lipinski definition) is 3. The number of amides is 1. The van der Waals surface area contributed by atoms with Crippen LogP contribution in [0.2, 0.25) is 10.2 Å². The molecule has 6 heteroatoms. The van der Waals surface area contributed by atoms with Crippen LogP contribution in [-0.4, -0.2) is 18.0 Å². The summed E-state index contributed by atoms with van der Waals surface area (Å²) >= 11 is 12.2. The molecule has 1 aromatic heterocycles. The van der Waals surface area contributed by atoms with Crippen LogP contribution in [0.15, 0.2) is 24.3 Å². The van der Waals surface area contributed by atoms with E-state index in [4.69, 9.17) is 27.9 Å². The van der Waals surface area contributed by atoms with Crippen molar-refractivity contribution in [2.75, 3.05) is 12.4 Å². The van der Waals surface area contributed by atoms with E-state index < -0.39 is 0 Å². The van der Waals surface area contributed by atoms with E-state index in [-0.39, 0.29) is 16.6 Å². The van der Waals surface area contributed by atoms with Crippen molar-refractivity contribution >= 4 is 34.8 Å². The molecular weight excluding hydrogens is 311 g/mol. The molecule has 1 heterocycles. The molecule has 0 atom stereocenters. The highest BCUT2D eigenvalue weighted by molar-refractivity contribution is 6.36. The fraction of sp³-hybridized carbons (Fsp3) is 0.200. The number of carbonyl (C=O) groups excluding carboxylic acids is 1. The molecule has 0 saturated carbocycles. The fourth-order valence-corrected chi connectivity index (χ4v) is 2.44. The number of aryl methyl sites for hydroxylation is 1. The Morgan fingerprint density at radius 2 is 2.00 bits per heavy atom. The number of rotatable bonds is 3. The van der Waals surface area contributed by atoms with E-state index in [1.54, 1.807) is 45.2 Å². The standard InChI is InChI=1S/C15H14Cl2N2O2/c1-8-12(14(17)18-9(2)13(8)16)15(20)19-10-5-4-6-11(7-10)21-3/h4-7H,1-3H3,(H,19,20). The first-order valence-corrected chi connectivity index (χ1v) is 6.97. The van der Waals surface area contributed by atoms with Gasteiger partial charge in [0.25, 0.3) is 5.91 Å². The van der Waals surface area contributed by atoms with Gasteiger partial charge in [0.2, 0.25) is 0 Å². The zero-order valence-electron chi connectivity index (χ0n) is 11.8. The Balaban J connectivity index is 2.35. The van der Waals surface area contributed by atoms with Gasteiger partial charge < -0.3 is 10.1 Å². The maximum absolute atomic E-state index is 12.4. The third kappa shape index (κ3) is 3.28. The number of anilines is 1. The van der Waals surface area contributed by atoms with Crippen molar-refractivity contribution < 1.29 is 9.53 Å². The number of halogens is 2. The number of benzene rings is 1. The van der Waals surface area contributed by atoms with Crippen molar-refractivity contribution in [3.05, 3.63) is 51.3 Å². The maximum Gasteiger partial charge on any atom is 0.259 e. The zero-order chi connectivity index (χ0) is 15.6. The van der Waals surface area contributed by atoms with Gasteiger partial charge >= 0.3 is 0 Å². The van der Waals surface area contributed by atoms with Gasteiger partial charge in [-0.3, -0.25) is 4.79 Å². The number of nitrogens with zero attached hydrogens (tertiary/aromatic N) is 1. The van der Waals surface area contributed by atoms with E-state index in [0.29, 0.717) is 27.7 Å². The molecule has 0 aliphatic rings. The van der Waals surface area contributed by atoms with Crippen molar-refractivity contribution in [2.24, 2.45) is 0 Å². The average molecular weight is 325 g/mol. The summed E-state index contributed by atoms with van der Waals surface area (Å²) in [6, 6.07) is 7.04. The Bertz CT molecular complexity index is 702. The van der Waals surface area contributed by atoms with Crippen LogP contribution >= 0.6 is 23.2 Å². The van der Waals surface area contributed by atoms with Crippen LogP contribution in [0.3, 0.4) is 0 Å². The Hall–Kier alpha value is -1.78. The van der Waals surface area contributed by atoms with E-state index in [9.17, 15) is 4.79 Å². The Kier molecular flexibility index (Phi) is 4.70. The average Bonchev–Trinajstić information content (AvgIpc) is 2.45. The topological polar surface area (TPSA) is 51.2 Å². The number of methoxy groups -OCH3 is 1. The molecule has 2 aromatic rings. The fourth-order valence-electron chi connectivity index (χ4n) is 1.95. The van der Waals surface area contributed by atoms with Gasteiger partial charge in [-0.25, -0.2) is 4.98 Å². The zero-order valence-corrected chi connectivity index (χ0v) is 13.3. The summed E-state index contributed by atoms with van der Waals surface area (Å²) in [6.45, 7) is 3.48. The lowest BCUT2D eigenvalue weighted by atomic mass is 10.1. The van der Waals surface area contributed by atoms with Gasteiger partial charge in [-0.15, -0.1) is 0 Å². The number of hydrogen-bond donors (Lipinski definition) is 1. The molecule has 0 saturated heterocycles. The summed E-state index contributed by atoms with van der Waals surface area (Å²) in [4.78, 5) is 16.5. The molecular formula is C15H14Cl2N2O2. The number of ether oxygens (including phenoxy) is 1. The van der Waals surface area contributed by atoms with Crippen LogP contribution in [0.1, 0.15) is 21.6 Å². The molecule has 0 aliphatic heterocycles. The number of aromatic nitrogens is 1. The summed E-state index contributed by atoms with van der Waals surface area (Å²) in [5, 5.41) is 3.33. The molecule has 0 fully saturated rings. The molecule has 0 radical (unpaired) electrons. The molecule has 4 nitrogen and oxygen atoms in total. The van der Waals surface area contributed by atoms with Gasteiger partial charge in [0, 0.05) is 11.8 Å². The molecule has 1 amide bonds. The van der Waals surface area contributed by atoms with Crippen molar-refractivity contribution in [3.8, 4) is 5.75 Å². The lowest BCUT2D eigenvalue weighted by molar-refractivity contribution is 0.102. The number of carbonyl (C=O) groups is 1. The molecule has 1 N–H and O–H groups in total. The highest BCUT2D eigenvalue weighted by Gasteiger charge is 2.19. The second-order valence-electron chi connectivity index (χ2n) is 4.49. The van der Waals surface area contributed by atoms with Gasteiger partial charge in [0.05, 0.1) is 23.4 Å². The first-order valence-electron chi connectivity index (χ1n) is 6.21. The van der Waals surface area contributed by atoms with Gasteiger partial charge in [-0.2, -0.15) is 0 Å². The summed E-state index contributed by atoms with van der Waals surface area (Å²) < 4.78 is 5.11. The third-order valence-corrected chi connectivity index (χ3v) is 3.88. The van der Waals surface area contributed by atoms with Crippen LogP contribution in [0.4, 0.5) is 5.69 Å². The minimum absolute atomic E-state index is 0.134. The van der Waals surface area contributed by atoms with Crippen LogP contribution in [0.25, 0.3) is 0 Å². The minimum atomic E-state index is -0.361. The third-order valence-electron chi connectivity index (χ3n) is 3.05. The largest absolute Gasteiger partial charge is 0.497 e. The van der Waals surface area contributed by atoms with E-state index in [2.05, 4.69) is 10.3 Å². The van der Waals surface area contributed by atoms with Crippen molar-refractivity contribution in [1.82, 2.24) is 4.98 Å². The molecule has 0 unspecified atom stereocenters. The molecule has 0 bridgehead atoms. The molecule has 2 rings (SSSR count). The predicted molar refractivity (Wildman–Crippen MR) is 84.7 cm³/mol. The molecule has 110 valence electrons. The smallest absolute Gasteiger partial charge is 0.259 e. The van der Waals surface area contributed by atoms with E-state index >= 15 is 0 Å². The highest BCUT2D eigenvalue weighted by atomic mass is 35.5. The van der Waals surface area contributed by atoms with Gasteiger partial charge in [0.15, 0.2) is 0 Å². The first-order chi connectivity index (χ1) is 9.93. The maximum atomic E-state index is 12.4. The van der Waals surface area contributed by atoms with Gasteiger partial charge in [-0.05, 0) is 31.5 Å².